The maximum atomic E-state index is 13.0. The lowest BCUT2D eigenvalue weighted by Gasteiger charge is -2.18. The summed E-state index contributed by atoms with van der Waals surface area (Å²) in [5.41, 5.74) is 3.04. The molecule has 0 spiro atoms. The van der Waals surface area contributed by atoms with Crippen molar-refractivity contribution in [3.8, 4) is 0 Å². The number of benzene rings is 2. The molecule has 1 aliphatic heterocycles. The van der Waals surface area contributed by atoms with Gasteiger partial charge in [-0.1, -0.05) is 26.0 Å². The number of aromatic nitrogens is 2. The topological polar surface area (TPSA) is 87.2 Å². The highest BCUT2D eigenvalue weighted by Crippen LogP contribution is 2.26. The molecule has 2 heterocycles. The Morgan fingerprint density at radius 1 is 0.909 bits per heavy atom. The number of anilines is 4. The van der Waals surface area contributed by atoms with Crippen molar-refractivity contribution in [2.75, 3.05) is 28.0 Å². The third-order valence-corrected chi connectivity index (χ3v) is 7.36. The zero-order chi connectivity index (χ0) is 23.6. The second kappa shape index (κ2) is 9.39. The molecule has 174 valence electrons. The van der Waals surface area contributed by atoms with Crippen molar-refractivity contribution < 1.29 is 8.42 Å². The van der Waals surface area contributed by atoms with Gasteiger partial charge in [0, 0.05) is 30.5 Å². The molecule has 1 aromatic heterocycles. The summed E-state index contributed by atoms with van der Waals surface area (Å²) in [6, 6.07) is 14.7. The smallest absolute Gasteiger partial charge is 0.262 e. The zero-order valence-electron chi connectivity index (χ0n) is 19.6. The quantitative estimate of drug-likeness (QED) is 0.488. The van der Waals surface area contributed by atoms with E-state index < -0.39 is 10.0 Å². The van der Waals surface area contributed by atoms with Crippen LogP contribution in [0.1, 0.15) is 49.6 Å². The molecule has 3 aromatic rings. The van der Waals surface area contributed by atoms with Gasteiger partial charge >= 0.3 is 0 Å². The van der Waals surface area contributed by atoms with Crippen molar-refractivity contribution >= 4 is 33.0 Å². The number of aryl methyl sites for hydroxylation is 2. The van der Waals surface area contributed by atoms with E-state index in [0.717, 1.165) is 41.5 Å². The fraction of sp³-hybridized carbons (Fsp3) is 0.360. The normalized spacial score (nSPS) is 14.0. The van der Waals surface area contributed by atoms with Crippen LogP contribution in [-0.2, 0) is 10.0 Å². The van der Waals surface area contributed by atoms with Crippen LogP contribution >= 0.6 is 0 Å². The predicted molar refractivity (Wildman–Crippen MR) is 134 cm³/mol. The maximum absolute atomic E-state index is 13.0. The molecule has 4 rings (SSSR count). The molecule has 1 aliphatic rings. The van der Waals surface area contributed by atoms with Crippen LogP contribution in [0.25, 0.3) is 0 Å². The molecule has 0 unspecified atom stereocenters. The van der Waals surface area contributed by atoms with Crippen LogP contribution < -0.4 is 14.9 Å². The Bertz CT molecular complexity index is 1230. The van der Waals surface area contributed by atoms with Gasteiger partial charge in [0.25, 0.3) is 10.0 Å². The summed E-state index contributed by atoms with van der Waals surface area (Å²) in [5, 5.41) is 3.30. The fourth-order valence-electron chi connectivity index (χ4n) is 3.97. The number of hydrogen-bond acceptors (Lipinski definition) is 6. The SMILES string of the molecule is Cc1nc(Nc2ccc(NS(=O)(=O)c3cc(C(C)C)ccc3C)cc2)cc(N2CCCC2)n1. The largest absolute Gasteiger partial charge is 0.356 e. The first-order valence-corrected chi connectivity index (χ1v) is 12.8. The van der Waals surface area contributed by atoms with Gasteiger partial charge in [0.15, 0.2) is 0 Å². The van der Waals surface area contributed by atoms with E-state index >= 15 is 0 Å². The predicted octanol–water partition coefficient (Wildman–Crippen LogP) is 5.36. The average Bonchev–Trinajstić information content (AvgIpc) is 3.30. The number of hydrogen-bond donors (Lipinski definition) is 2. The van der Waals surface area contributed by atoms with Gasteiger partial charge < -0.3 is 10.2 Å². The molecule has 0 atom stereocenters. The van der Waals surface area contributed by atoms with E-state index in [0.29, 0.717) is 16.4 Å². The standard InChI is InChI=1S/C25H31N5O2S/c1-17(2)20-8-7-18(3)23(15-20)33(31,32)29-22-11-9-21(10-12-22)28-24-16-25(27-19(4)26-24)30-13-5-6-14-30/h7-12,15-17,29H,5-6,13-14H2,1-4H3,(H,26,27,28). The van der Waals surface area contributed by atoms with Gasteiger partial charge in [-0.3, -0.25) is 4.72 Å². The Balaban J connectivity index is 1.50. The highest BCUT2D eigenvalue weighted by molar-refractivity contribution is 7.92. The minimum absolute atomic E-state index is 0.251. The summed E-state index contributed by atoms with van der Waals surface area (Å²) in [7, 11) is -3.69. The Kier molecular flexibility index (Phi) is 6.56. The summed E-state index contributed by atoms with van der Waals surface area (Å²) in [6.45, 7) is 9.83. The minimum atomic E-state index is -3.69. The van der Waals surface area contributed by atoms with Crippen LogP contribution in [0, 0.1) is 13.8 Å². The summed E-state index contributed by atoms with van der Waals surface area (Å²) in [4.78, 5) is 11.6. The van der Waals surface area contributed by atoms with Crippen molar-refractivity contribution in [2.45, 2.75) is 51.3 Å². The summed E-state index contributed by atoms with van der Waals surface area (Å²) >= 11 is 0. The molecule has 33 heavy (non-hydrogen) atoms. The van der Waals surface area contributed by atoms with Crippen LogP contribution in [0.2, 0.25) is 0 Å². The highest BCUT2D eigenvalue weighted by atomic mass is 32.2. The van der Waals surface area contributed by atoms with Crippen molar-refractivity contribution in [1.29, 1.82) is 0 Å². The van der Waals surface area contributed by atoms with Gasteiger partial charge in [0.2, 0.25) is 0 Å². The fourth-order valence-corrected chi connectivity index (χ4v) is 5.31. The summed E-state index contributed by atoms with van der Waals surface area (Å²) < 4.78 is 28.8. The van der Waals surface area contributed by atoms with Gasteiger partial charge in [-0.25, -0.2) is 18.4 Å². The molecule has 0 aliphatic carbocycles. The van der Waals surface area contributed by atoms with Crippen LogP contribution in [0.3, 0.4) is 0 Å². The number of rotatable bonds is 7. The molecule has 7 nitrogen and oxygen atoms in total. The molecule has 2 N–H and O–H groups in total. The summed E-state index contributed by atoms with van der Waals surface area (Å²) in [5.74, 6) is 2.62. The molecule has 1 saturated heterocycles. The molecule has 2 aromatic carbocycles. The van der Waals surface area contributed by atoms with E-state index in [4.69, 9.17) is 0 Å². The molecule has 0 bridgehead atoms. The molecule has 8 heteroatoms. The lowest BCUT2D eigenvalue weighted by molar-refractivity contribution is 0.600. The number of sulfonamides is 1. The van der Waals surface area contributed by atoms with Gasteiger partial charge in [-0.15, -0.1) is 0 Å². The van der Waals surface area contributed by atoms with Crippen molar-refractivity contribution in [1.82, 2.24) is 9.97 Å². The Morgan fingerprint density at radius 2 is 1.58 bits per heavy atom. The first kappa shape index (κ1) is 23.0. The van der Waals surface area contributed by atoms with Gasteiger partial charge in [-0.05, 0) is 74.1 Å². The van der Waals surface area contributed by atoms with Crippen LogP contribution in [0.4, 0.5) is 23.0 Å². The van der Waals surface area contributed by atoms with E-state index in [2.05, 4.69) is 24.9 Å². The molecule has 0 amide bonds. The zero-order valence-corrected chi connectivity index (χ0v) is 20.4. The Morgan fingerprint density at radius 3 is 2.24 bits per heavy atom. The minimum Gasteiger partial charge on any atom is -0.356 e. The van der Waals surface area contributed by atoms with Gasteiger partial charge in [-0.2, -0.15) is 0 Å². The molecule has 1 fully saturated rings. The third-order valence-electron chi connectivity index (χ3n) is 5.83. The molecule has 0 radical (unpaired) electrons. The van der Waals surface area contributed by atoms with Crippen molar-refractivity contribution in [3.63, 3.8) is 0 Å². The second-order valence-electron chi connectivity index (χ2n) is 8.84. The Labute approximate surface area is 196 Å². The number of nitrogens with zero attached hydrogens (tertiary/aromatic N) is 3. The van der Waals surface area contributed by atoms with E-state index in [-0.39, 0.29) is 5.92 Å². The van der Waals surface area contributed by atoms with E-state index in [9.17, 15) is 8.42 Å². The van der Waals surface area contributed by atoms with E-state index in [1.54, 1.807) is 18.2 Å². The highest BCUT2D eigenvalue weighted by Gasteiger charge is 2.19. The van der Waals surface area contributed by atoms with Crippen LogP contribution in [0.15, 0.2) is 53.4 Å². The number of nitrogens with one attached hydrogen (secondary N) is 2. The summed E-state index contributed by atoms with van der Waals surface area (Å²) in [6.07, 6.45) is 2.37. The molecular weight excluding hydrogens is 434 g/mol. The van der Waals surface area contributed by atoms with Gasteiger partial charge in [0.1, 0.15) is 17.5 Å². The van der Waals surface area contributed by atoms with Crippen LogP contribution in [-0.4, -0.2) is 31.5 Å². The Hall–Kier alpha value is -3.13. The van der Waals surface area contributed by atoms with Crippen molar-refractivity contribution in [2.24, 2.45) is 0 Å². The lowest BCUT2D eigenvalue weighted by Crippen LogP contribution is -2.19. The lowest BCUT2D eigenvalue weighted by atomic mass is 10.0. The molecular formula is C25H31N5O2S. The monoisotopic (exact) mass is 465 g/mol. The van der Waals surface area contributed by atoms with E-state index in [1.807, 2.05) is 58.0 Å². The van der Waals surface area contributed by atoms with Crippen LogP contribution in [0.5, 0.6) is 0 Å². The molecule has 0 saturated carbocycles. The van der Waals surface area contributed by atoms with E-state index in [1.165, 1.54) is 12.8 Å². The van der Waals surface area contributed by atoms with Gasteiger partial charge in [0.05, 0.1) is 4.90 Å². The second-order valence-corrected chi connectivity index (χ2v) is 10.5. The third kappa shape index (κ3) is 5.45. The first-order chi connectivity index (χ1) is 15.7. The van der Waals surface area contributed by atoms with Crippen molar-refractivity contribution in [3.05, 3.63) is 65.5 Å². The first-order valence-electron chi connectivity index (χ1n) is 11.3. The average molecular weight is 466 g/mol. The maximum Gasteiger partial charge on any atom is 0.262 e.